The zero-order valence-corrected chi connectivity index (χ0v) is 16.6. The number of sulfonamides is 1. The summed E-state index contributed by atoms with van der Waals surface area (Å²) >= 11 is 0. The van der Waals surface area contributed by atoms with Crippen molar-refractivity contribution in [2.75, 3.05) is 30.8 Å². The molecule has 3 rings (SSSR count). The van der Waals surface area contributed by atoms with Gasteiger partial charge in [0.2, 0.25) is 15.9 Å². The molecular formula is C19H19N3O6S. The van der Waals surface area contributed by atoms with Crippen LogP contribution in [0.2, 0.25) is 0 Å². The molecule has 0 bridgehead atoms. The summed E-state index contributed by atoms with van der Waals surface area (Å²) in [5, 5.41) is 5.12. The number of fused-ring (bicyclic) bond motifs is 1. The second-order valence-electron chi connectivity index (χ2n) is 6.44. The summed E-state index contributed by atoms with van der Waals surface area (Å²) in [6.45, 7) is 0.837. The van der Waals surface area contributed by atoms with Crippen LogP contribution in [0.1, 0.15) is 17.3 Å². The lowest BCUT2D eigenvalue weighted by Gasteiger charge is -2.21. The van der Waals surface area contributed by atoms with Crippen molar-refractivity contribution < 1.29 is 27.5 Å². The van der Waals surface area contributed by atoms with Crippen LogP contribution < -0.4 is 15.4 Å². The van der Waals surface area contributed by atoms with E-state index in [2.05, 4.69) is 10.6 Å². The van der Waals surface area contributed by atoms with E-state index in [9.17, 15) is 22.8 Å². The summed E-state index contributed by atoms with van der Waals surface area (Å²) in [5.41, 5.74) is 1.07. The van der Waals surface area contributed by atoms with Crippen LogP contribution in [0, 0.1) is 0 Å². The molecule has 29 heavy (non-hydrogen) atoms. The van der Waals surface area contributed by atoms with Gasteiger partial charge in [0.25, 0.3) is 5.91 Å². The molecule has 1 heterocycles. The molecule has 9 nitrogen and oxygen atoms in total. The summed E-state index contributed by atoms with van der Waals surface area (Å²) in [6.07, 6.45) is 0. The number of carbonyl (C=O) groups excluding carboxylic acids is 3. The second-order valence-corrected chi connectivity index (χ2v) is 8.49. The number of nitrogens with one attached hydrogen (secondary N) is 2. The van der Waals surface area contributed by atoms with E-state index in [4.69, 9.17) is 4.74 Å². The normalized spacial score (nSPS) is 13.3. The van der Waals surface area contributed by atoms with Crippen LogP contribution in [-0.4, -0.2) is 50.5 Å². The minimum absolute atomic E-state index is 0.0871. The van der Waals surface area contributed by atoms with Crippen LogP contribution in [0.5, 0.6) is 5.75 Å². The van der Waals surface area contributed by atoms with Crippen molar-refractivity contribution in [3.8, 4) is 5.75 Å². The van der Waals surface area contributed by atoms with Crippen LogP contribution in [0.3, 0.4) is 0 Å². The molecule has 2 aromatic rings. The Labute approximate surface area is 167 Å². The molecule has 1 aliphatic heterocycles. The minimum atomic E-state index is -3.99. The Morgan fingerprint density at radius 3 is 2.69 bits per heavy atom. The molecule has 0 fully saturated rings. The van der Waals surface area contributed by atoms with E-state index in [0.29, 0.717) is 17.0 Å². The molecule has 2 amide bonds. The molecule has 0 spiro atoms. The third kappa shape index (κ3) is 4.61. The van der Waals surface area contributed by atoms with Crippen molar-refractivity contribution in [2.45, 2.75) is 11.8 Å². The molecule has 0 aliphatic carbocycles. The fourth-order valence-electron chi connectivity index (χ4n) is 2.71. The van der Waals surface area contributed by atoms with E-state index in [1.165, 1.54) is 38.2 Å². The minimum Gasteiger partial charge on any atom is -0.482 e. The van der Waals surface area contributed by atoms with Gasteiger partial charge in [0.05, 0.1) is 17.1 Å². The van der Waals surface area contributed by atoms with Crippen LogP contribution in [0.15, 0.2) is 47.4 Å². The van der Waals surface area contributed by atoms with Gasteiger partial charge in [-0.2, -0.15) is 4.31 Å². The molecule has 0 saturated carbocycles. The molecule has 0 saturated heterocycles. The molecule has 152 valence electrons. The third-order valence-electron chi connectivity index (χ3n) is 4.21. The lowest BCUT2D eigenvalue weighted by Crippen LogP contribution is -2.35. The zero-order chi connectivity index (χ0) is 21.2. The Morgan fingerprint density at radius 1 is 1.21 bits per heavy atom. The lowest BCUT2D eigenvalue weighted by atomic mass is 10.1. The Hall–Kier alpha value is -3.24. The Bertz CT molecular complexity index is 1100. The number of ether oxygens (including phenoxy) is 1. The number of rotatable bonds is 6. The van der Waals surface area contributed by atoms with Crippen LogP contribution in [0.25, 0.3) is 0 Å². The van der Waals surface area contributed by atoms with Gasteiger partial charge in [-0.05, 0) is 37.3 Å². The van der Waals surface area contributed by atoms with Crippen molar-refractivity contribution in [3.05, 3.63) is 48.0 Å². The highest BCUT2D eigenvalue weighted by Gasteiger charge is 2.26. The van der Waals surface area contributed by atoms with Crippen LogP contribution >= 0.6 is 0 Å². The highest BCUT2D eigenvalue weighted by Crippen LogP contribution is 2.30. The number of nitrogens with zero attached hydrogens (tertiary/aromatic N) is 1. The molecule has 0 radical (unpaired) electrons. The van der Waals surface area contributed by atoms with E-state index in [0.717, 1.165) is 4.31 Å². The van der Waals surface area contributed by atoms with E-state index < -0.39 is 22.5 Å². The maximum absolute atomic E-state index is 12.8. The number of Topliss-reactive ketones (excluding diaryl/α,β-unsaturated/α-hetero) is 1. The highest BCUT2D eigenvalue weighted by molar-refractivity contribution is 7.89. The van der Waals surface area contributed by atoms with Crippen molar-refractivity contribution >= 4 is 39.0 Å². The van der Waals surface area contributed by atoms with Crippen LogP contribution in [0.4, 0.5) is 11.4 Å². The van der Waals surface area contributed by atoms with Gasteiger partial charge in [-0.25, -0.2) is 8.42 Å². The summed E-state index contributed by atoms with van der Waals surface area (Å²) in [5.74, 6) is -0.725. The van der Waals surface area contributed by atoms with Gasteiger partial charge in [-0.1, -0.05) is 12.1 Å². The quantitative estimate of drug-likeness (QED) is 0.687. The molecule has 2 aromatic carbocycles. The molecule has 1 aliphatic rings. The number of ketones is 1. The number of likely N-dealkylation sites (N-methyl/N-ethyl adjacent to an activating group) is 1. The smallest absolute Gasteiger partial charge is 0.262 e. The summed E-state index contributed by atoms with van der Waals surface area (Å²) in [7, 11) is -2.71. The zero-order valence-electron chi connectivity index (χ0n) is 15.8. The monoisotopic (exact) mass is 417 g/mol. The standard InChI is InChI=1S/C19H19N3O6S/c1-12(23)13-4-3-5-14(8-13)20-18(24)10-22(2)29(26,27)15-6-7-17-16(9-15)21-19(25)11-28-17/h3-9H,10-11H2,1-2H3,(H,20,24)(H,21,25). The fraction of sp³-hybridized carbons (Fsp3) is 0.211. The average molecular weight is 417 g/mol. The van der Waals surface area contributed by atoms with Gasteiger partial charge in [0.15, 0.2) is 12.4 Å². The molecule has 0 unspecified atom stereocenters. The largest absolute Gasteiger partial charge is 0.482 e. The molecule has 0 atom stereocenters. The number of hydrogen-bond acceptors (Lipinski definition) is 6. The number of amides is 2. The Kier molecular flexibility index (Phi) is 5.66. The van der Waals surface area contributed by atoms with Gasteiger partial charge in [0.1, 0.15) is 5.75 Å². The maximum Gasteiger partial charge on any atom is 0.262 e. The SMILES string of the molecule is CC(=O)c1cccc(NC(=O)CN(C)S(=O)(=O)c2ccc3c(c2)NC(=O)CO3)c1. The van der Waals surface area contributed by atoms with Crippen molar-refractivity contribution in [2.24, 2.45) is 0 Å². The Morgan fingerprint density at radius 2 is 1.97 bits per heavy atom. The first-order chi connectivity index (χ1) is 13.7. The van der Waals surface area contributed by atoms with Crippen molar-refractivity contribution in [1.29, 1.82) is 0 Å². The van der Waals surface area contributed by atoms with Crippen molar-refractivity contribution in [3.63, 3.8) is 0 Å². The Balaban J connectivity index is 1.72. The maximum atomic E-state index is 12.8. The first-order valence-electron chi connectivity index (χ1n) is 8.61. The number of anilines is 2. The number of benzene rings is 2. The highest BCUT2D eigenvalue weighted by atomic mass is 32.2. The number of hydrogen-bond donors (Lipinski definition) is 2. The molecule has 0 aromatic heterocycles. The van der Waals surface area contributed by atoms with Crippen LogP contribution in [-0.2, 0) is 19.6 Å². The first-order valence-corrected chi connectivity index (χ1v) is 10.0. The van der Waals surface area contributed by atoms with E-state index in [1.54, 1.807) is 18.2 Å². The van der Waals surface area contributed by atoms with Gasteiger partial charge < -0.3 is 15.4 Å². The topological polar surface area (TPSA) is 122 Å². The van der Waals surface area contributed by atoms with Gasteiger partial charge in [-0.3, -0.25) is 14.4 Å². The predicted molar refractivity (Wildman–Crippen MR) is 105 cm³/mol. The summed E-state index contributed by atoms with van der Waals surface area (Å²) in [4.78, 5) is 35.1. The van der Waals surface area contributed by atoms with Gasteiger partial charge in [-0.15, -0.1) is 0 Å². The van der Waals surface area contributed by atoms with Crippen molar-refractivity contribution in [1.82, 2.24) is 4.31 Å². The second kappa shape index (κ2) is 8.02. The molecule has 10 heteroatoms. The van der Waals surface area contributed by atoms with E-state index >= 15 is 0 Å². The summed E-state index contributed by atoms with van der Waals surface area (Å²) in [6, 6.07) is 10.4. The first kappa shape index (κ1) is 20.5. The summed E-state index contributed by atoms with van der Waals surface area (Å²) < 4.78 is 31.7. The fourth-order valence-corrected chi connectivity index (χ4v) is 3.86. The van der Waals surface area contributed by atoms with E-state index in [-0.39, 0.29) is 28.9 Å². The van der Waals surface area contributed by atoms with Gasteiger partial charge >= 0.3 is 0 Å². The van der Waals surface area contributed by atoms with E-state index in [1.807, 2.05) is 0 Å². The number of carbonyl (C=O) groups is 3. The predicted octanol–water partition coefficient (Wildman–Crippen LogP) is 1.48. The van der Waals surface area contributed by atoms with Gasteiger partial charge in [0, 0.05) is 18.3 Å². The molecular weight excluding hydrogens is 398 g/mol. The molecule has 2 N–H and O–H groups in total. The lowest BCUT2D eigenvalue weighted by molar-refractivity contribution is -0.118. The average Bonchev–Trinajstić information content (AvgIpc) is 2.67. The third-order valence-corrected chi connectivity index (χ3v) is 6.01.